The van der Waals surface area contributed by atoms with Crippen molar-refractivity contribution < 1.29 is 9.59 Å². The third-order valence-corrected chi connectivity index (χ3v) is 7.17. The molecule has 3 rings (SSSR count). The Balaban J connectivity index is 1.71. The lowest BCUT2D eigenvalue weighted by Crippen LogP contribution is -2.50. The molecule has 0 radical (unpaired) electrons. The lowest BCUT2D eigenvalue weighted by Gasteiger charge is -2.31. The number of carbonyl (C=O) groups excluding carboxylic acids is 2. The average molecular weight is 459 g/mol. The van der Waals surface area contributed by atoms with Gasteiger partial charge in [-0.05, 0) is 50.5 Å². The minimum Gasteiger partial charge on any atom is -0.352 e. The highest BCUT2D eigenvalue weighted by molar-refractivity contribution is 8.00. The van der Waals surface area contributed by atoms with Crippen LogP contribution >= 0.6 is 23.4 Å². The number of rotatable bonds is 8. The van der Waals surface area contributed by atoms with Crippen molar-refractivity contribution in [2.75, 3.05) is 5.75 Å². The summed E-state index contributed by atoms with van der Waals surface area (Å²) >= 11 is 7.85. The van der Waals surface area contributed by atoms with Crippen LogP contribution < -0.4 is 5.32 Å². The molecule has 1 aliphatic carbocycles. The molecule has 2 aromatic rings. The van der Waals surface area contributed by atoms with Gasteiger partial charge in [0.1, 0.15) is 6.04 Å². The van der Waals surface area contributed by atoms with Gasteiger partial charge in [-0.25, -0.2) is 0 Å². The first kappa shape index (κ1) is 23.7. The van der Waals surface area contributed by atoms with E-state index in [0.29, 0.717) is 11.6 Å². The van der Waals surface area contributed by atoms with Gasteiger partial charge in [-0.1, -0.05) is 66.8 Å². The maximum Gasteiger partial charge on any atom is 0.242 e. The lowest BCUT2D eigenvalue weighted by molar-refractivity contribution is -0.139. The summed E-state index contributed by atoms with van der Waals surface area (Å²) in [6.07, 6.45) is 5.55. The monoisotopic (exact) mass is 458 g/mol. The van der Waals surface area contributed by atoms with Gasteiger partial charge < -0.3 is 10.2 Å². The van der Waals surface area contributed by atoms with Crippen LogP contribution in [-0.4, -0.2) is 34.6 Å². The Bertz CT molecular complexity index is 881. The molecule has 0 saturated heterocycles. The van der Waals surface area contributed by atoms with Crippen LogP contribution in [0.2, 0.25) is 5.02 Å². The van der Waals surface area contributed by atoms with E-state index in [1.807, 2.05) is 62.4 Å². The Morgan fingerprint density at radius 3 is 2.45 bits per heavy atom. The fourth-order valence-corrected chi connectivity index (χ4v) is 4.80. The highest BCUT2D eigenvalue weighted by Gasteiger charge is 2.28. The van der Waals surface area contributed by atoms with Crippen molar-refractivity contribution in [2.24, 2.45) is 0 Å². The summed E-state index contributed by atoms with van der Waals surface area (Å²) in [5, 5.41) is 3.76. The van der Waals surface area contributed by atoms with E-state index in [-0.39, 0.29) is 23.6 Å². The first-order valence-corrected chi connectivity index (χ1v) is 12.3. The number of carbonyl (C=O) groups is 2. The van der Waals surface area contributed by atoms with E-state index in [0.717, 1.165) is 36.1 Å². The molecule has 0 aromatic heterocycles. The number of hydrogen-bond donors (Lipinski definition) is 1. The van der Waals surface area contributed by atoms with Crippen molar-refractivity contribution in [1.29, 1.82) is 0 Å². The molecule has 6 heteroatoms. The molecule has 1 aliphatic rings. The number of nitrogens with one attached hydrogen (secondary N) is 1. The van der Waals surface area contributed by atoms with E-state index in [1.165, 1.54) is 23.7 Å². The van der Waals surface area contributed by atoms with Crippen LogP contribution in [0.5, 0.6) is 0 Å². The summed E-state index contributed by atoms with van der Waals surface area (Å²) in [6.45, 7) is 4.16. The van der Waals surface area contributed by atoms with Gasteiger partial charge in [0.15, 0.2) is 0 Å². The SMILES string of the molecule is Cc1ccc(SCC(=O)N(Cc2ccccc2Cl)[C@@H](C)C(=O)NC2CCCCC2)cc1. The minimum absolute atomic E-state index is 0.0724. The van der Waals surface area contributed by atoms with Crippen molar-refractivity contribution >= 4 is 35.2 Å². The average Bonchev–Trinajstić information content (AvgIpc) is 2.78. The van der Waals surface area contributed by atoms with Gasteiger partial charge in [-0.15, -0.1) is 11.8 Å². The molecule has 4 nitrogen and oxygen atoms in total. The van der Waals surface area contributed by atoms with Crippen LogP contribution in [0, 0.1) is 6.92 Å². The molecular formula is C25H31ClN2O2S. The number of aryl methyl sites for hydroxylation is 1. The topological polar surface area (TPSA) is 49.4 Å². The molecule has 1 atom stereocenters. The van der Waals surface area contributed by atoms with Gasteiger partial charge in [0.05, 0.1) is 5.75 Å². The van der Waals surface area contributed by atoms with E-state index < -0.39 is 6.04 Å². The number of benzene rings is 2. The zero-order valence-electron chi connectivity index (χ0n) is 18.3. The first-order valence-electron chi connectivity index (χ1n) is 11.0. The fourth-order valence-electron chi connectivity index (χ4n) is 3.82. The highest BCUT2D eigenvalue weighted by atomic mass is 35.5. The van der Waals surface area contributed by atoms with Gasteiger partial charge in [-0.3, -0.25) is 9.59 Å². The Labute approximate surface area is 194 Å². The third kappa shape index (κ3) is 7.01. The quantitative estimate of drug-likeness (QED) is 0.523. The number of thioether (sulfide) groups is 1. The normalized spacial score (nSPS) is 15.3. The smallest absolute Gasteiger partial charge is 0.242 e. The molecule has 0 aliphatic heterocycles. The predicted octanol–water partition coefficient (Wildman–Crippen LogP) is 5.61. The minimum atomic E-state index is -0.565. The van der Waals surface area contributed by atoms with E-state index >= 15 is 0 Å². The van der Waals surface area contributed by atoms with Crippen molar-refractivity contribution in [2.45, 2.75) is 69.5 Å². The van der Waals surface area contributed by atoms with E-state index in [9.17, 15) is 9.59 Å². The van der Waals surface area contributed by atoms with E-state index in [1.54, 1.807) is 4.90 Å². The second-order valence-electron chi connectivity index (χ2n) is 8.23. The summed E-state index contributed by atoms with van der Waals surface area (Å²) in [5.74, 6) is 0.110. The summed E-state index contributed by atoms with van der Waals surface area (Å²) in [4.78, 5) is 28.9. The molecule has 0 unspecified atom stereocenters. The fraction of sp³-hybridized carbons (Fsp3) is 0.440. The zero-order valence-corrected chi connectivity index (χ0v) is 19.8. The number of hydrogen-bond acceptors (Lipinski definition) is 3. The molecule has 1 saturated carbocycles. The predicted molar refractivity (Wildman–Crippen MR) is 128 cm³/mol. The largest absolute Gasteiger partial charge is 0.352 e. The van der Waals surface area contributed by atoms with Crippen molar-refractivity contribution in [3.63, 3.8) is 0 Å². The van der Waals surface area contributed by atoms with Crippen LogP contribution in [0.1, 0.15) is 50.2 Å². The van der Waals surface area contributed by atoms with Crippen LogP contribution in [-0.2, 0) is 16.1 Å². The van der Waals surface area contributed by atoms with E-state index in [4.69, 9.17) is 11.6 Å². The van der Waals surface area contributed by atoms with Gasteiger partial charge in [-0.2, -0.15) is 0 Å². The standard InChI is InChI=1S/C25H31ClN2O2S/c1-18-12-14-22(15-13-18)31-17-24(29)28(16-20-8-6-7-11-23(20)26)19(2)25(30)27-21-9-4-3-5-10-21/h6-8,11-15,19,21H,3-5,9-10,16-17H2,1-2H3,(H,27,30)/t19-/m0/s1. The molecule has 166 valence electrons. The highest BCUT2D eigenvalue weighted by Crippen LogP contribution is 2.23. The summed E-state index contributed by atoms with van der Waals surface area (Å²) in [6, 6.07) is 15.2. The molecule has 1 N–H and O–H groups in total. The second-order valence-corrected chi connectivity index (χ2v) is 9.69. The Morgan fingerprint density at radius 1 is 1.10 bits per heavy atom. The summed E-state index contributed by atoms with van der Waals surface area (Å²) in [5.41, 5.74) is 2.03. The molecule has 1 fully saturated rings. The zero-order chi connectivity index (χ0) is 22.2. The number of halogens is 1. The maximum absolute atomic E-state index is 13.2. The molecule has 31 heavy (non-hydrogen) atoms. The van der Waals surface area contributed by atoms with Gasteiger partial charge >= 0.3 is 0 Å². The summed E-state index contributed by atoms with van der Waals surface area (Å²) < 4.78 is 0. The van der Waals surface area contributed by atoms with E-state index in [2.05, 4.69) is 5.32 Å². The third-order valence-electron chi connectivity index (χ3n) is 5.80. The molecule has 0 bridgehead atoms. The van der Waals surface area contributed by atoms with Crippen LogP contribution in [0.4, 0.5) is 0 Å². The van der Waals surface area contributed by atoms with Crippen LogP contribution in [0.25, 0.3) is 0 Å². The van der Waals surface area contributed by atoms with Crippen molar-refractivity contribution in [1.82, 2.24) is 10.2 Å². The van der Waals surface area contributed by atoms with Crippen molar-refractivity contribution in [3.05, 3.63) is 64.7 Å². The lowest BCUT2D eigenvalue weighted by atomic mass is 9.95. The Hall–Kier alpha value is -1.98. The Morgan fingerprint density at radius 2 is 1.77 bits per heavy atom. The maximum atomic E-state index is 13.2. The molecule has 2 aromatic carbocycles. The number of nitrogens with zero attached hydrogens (tertiary/aromatic N) is 1. The second kappa shape index (κ2) is 11.6. The molecule has 0 spiro atoms. The number of amides is 2. The first-order chi connectivity index (χ1) is 14.9. The van der Waals surface area contributed by atoms with Crippen LogP contribution in [0.3, 0.4) is 0 Å². The molecular weight excluding hydrogens is 428 g/mol. The summed E-state index contributed by atoms with van der Waals surface area (Å²) in [7, 11) is 0. The molecule has 0 heterocycles. The Kier molecular flexibility index (Phi) is 8.85. The van der Waals surface area contributed by atoms with Gasteiger partial charge in [0.25, 0.3) is 0 Å². The van der Waals surface area contributed by atoms with Crippen molar-refractivity contribution in [3.8, 4) is 0 Å². The van der Waals surface area contributed by atoms with Gasteiger partial charge in [0.2, 0.25) is 11.8 Å². The van der Waals surface area contributed by atoms with Gasteiger partial charge in [0, 0.05) is 22.5 Å². The van der Waals surface area contributed by atoms with Crippen LogP contribution in [0.15, 0.2) is 53.4 Å². The molecule has 2 amide bonds.